The number of amides is 2. The Hall–Kier alpha value is -3.87. The summed E-state index contributed by atoms with van der Waals surface area (Å²) in [4.78, 5) is 26.6. The van der Waals surface area contributed by atoms with Crippen molar-refractivity contribution in [3.05, 3.63) is 83.7 Å². The fraction of sp³-hybridized carbons (Fsp3) is 0.231. The lowest BCUT2D eigenvalue weighted by Gasteiger charge is -2.30. The summed E-state index contributed by atoms with van der Waals surface area (Å²) in [5.74, 6) is 0.273. The van der Waals surface area contributed by atoms with Gasteiger partial charge in [0.05, 0.1) is 12.3 Å². The summed E-state index contributed by atoms with van der Waals surface area (Å²) < 4.78 is 24.8. The first-order chi connectivity index (χ1) is 16.0. The van der Waals surface area contributed by atoms with Gasteiger partial charge in [-0.15, -0.1) is 0 Å². The van der Waals surface area contributed by atoms with Crippen LogP contribution in [-0.2, 0) is 11.2 Å². The zero-order chi connectivity index (χ0) is 23.2. The normalized spacial score (nSPS) is 12.7. The molecule has 1 N–H and O–H groups in total. The molecule has 0 radical (unpaired) electrons. The molecule has 1 aliphatic rings. The molecule has 0 fully saturated rings. The fourth-order valence-corrected chi connectivity index (χ4v) is 3.59. The topological polar surface area (TPSA) is 67.9 Å². The van der Waals surface area contributed by atoms with Crippen molar-refractivity contribution >= 4 is 23.2 Å². The van der Waals surface area contributed by atoms with E-state index in [2.05, 4.69) is 12.2 Å². The summed E-state index contributed by atoms with van der Waals surface area (Å²) >= 11 is 0. The standard InChI is InChI=1S/C26H25FN2O4/c1-2-18-7-10-22(11-8-18)32-14-4-13-29-23-16-21(9-12-24(23)33-17-25(29)30)28-26(31)19-5-3-6-20(27)15-19/h3,5-12,15-16H,2,4,13-14,17H2,1H3,(H,28,31). The molecule has 0 unspecified atom stereocenters. The summed E-state index contributed by atoms with van der Waals surface area (Å²) in [6.45, 7) is 2.97. The minimum atomic E-state index is -0.484. The molecule has 33 heavy (non-hydrogen) atoms. The van der Waals surface area contributed by atoms with Crippen LogP contribution in [0.15, 0.2) is 66.7 Å². The third-order valence-corrected chi connectivity index (χ3v) is 5.37. The number of ether oxygens (including phenoxy) is 2. The first-order valence-electron chi connectivity index (χ1n) is 10.9. The monoisotopic (exact) mass is 448 g/mol. The van der Waals surface area contributed by atoms with E-state index in [1.165, 1.54) is 29.8 Å². The van der Waals surface area contributed by atoms with Crippen LogP contribution >= 0.6 is 0 Å². The van der Waals surface area contributed by atoms with Crippen LogP contribution < -0.4 is 19.7 Å². The van der Waals surface area contributed by atoms with Crippen LogP contribution in [0.5, 0.6) is 11.5 Å². The molecule has 0 bridgehead atoms. The summed E-state index contributed by atoms with van der Waals surface area (Å²) in [6.07, 6.45) is 1.60. The molecule has 3 aromatic rings. The molecule has 0 aromatic heterocycles. The lowest BCUT2D eigenvalue weighted by Crippen LogP contribution is -2.39. The maximum atomic E-state index is 13.4. The third-order valence-electron chi connectivity index (χ3n) is 5.37. The molecule has 7 heteroatoms. The van der Waals surface area contributed by atoms with Gasteiger partial charge in [0.15, 0.2) is 6.61 Å². The molecule has 6 nitrogen and oxygen atoms in total. The predicted octanol–water partition coefficient (Wildman–Crippen LogP) is 4.83. The van der Waals surface area contributed by atoms with Crippen molar-refractivity contribution in [1.29, 1.82) is 0 Å². The second kappa shape index (κ2) is 10.2. The van der Waals surface area contributed by atoms with E-state index in [4.69, 9.17) is 9.47 Å². The zero-order valence-corrected chi connectivity index (χ0v) is 18.3. The molecule has 1 aliphatic heterocycles. The van der Waals surface area contributed by atoms with Crippen LogP contribution in [0.1, 0.15) is 29.3 Å². The Morgan fingerprint density at radius 1 is 1.12 bits per heavy atom. The second-order valence-corrected chi connectivity index (χ2v) is 7.68. The second-order valence-electron chi connectivity index (χ2n) is 7.68. The summed E-state index contributed by atoms with van der Waals surface area (Å²) in [5.41, 5.74) is 2.52. The number of aryl methyl sites for hydroxylation is 1. The minimum absolute atomic E-state index is 0.0403. The smallest absolute Gasteiger partial charge is 0.265 e. The van der Waals surface area contributed by atoms with E-state index in [9.17, 15) is 14.0 Å². The van der Waals surface area contributed by atoms with E-state index in [0.29, 0.717) is 36.7 Å². The maximum absolute atomic E-state index is 13.4. The molecule has 170 valence electrons. The molecule has 0 aliphatic carbocycles. The van der Waals surface area contributed by atoms with Gasteiger partial charge in [-0.3, -0.25) is 9.59 Å². The van der Waals surface area contributed by atoms with Crippen molar-refractivity contribution in [1.82, 2.24) is 0 Å². The van der Waals surface area contributed by atoms with Crippen LogP contribution in [0.4, 0.5) is 15.8 Å². The molecule has 0 atom stereocenters. The van der Waals surface area contributed by atoms with Crippen molar-refractivity contribution in [3.63, 3.8) is 0 Å². The Kier molecular flexibility index (Phi) is 6.88. The van der Waals surface area contributed by atoms with E-state index >= 15 is 0 Å². The van der Waals surface area contributed by atoms with E-state index in [1.54, 1.807) is 23.1 Å². The Bertz CT molecular complexity index is 1150. The number of nitrogens with one attached hydrogen (secondary N) is 1. The number of benzene rings is 3. The summed E-state index contributed by atoms with van der Waals surface area (Å²) in [5, 5.41) is 2.75. The van der Waals surface area contributed by atoms with E-state index in [0.717, 1.165) is 12.2 Å². The molecule has 0 saturated carbocycles. The Balaban J connectivity index is 1.40. The third kappa shape index (κ3) is 5.49. The molecule has 0 spiro atoms. The van der Waals surface area contributed by atoms with Crippen LogP contribution in [0.2, 0.25) is 0 Å². The van der Waals surface area contributed by atoms with Crippen molar-refractivity contribution < 1.29 is 23.5 Å². The van der Waals surface area contributed by atoms with Crippen molar-refractivity contribution in [3.8, 4) is 11.5 Å². The van der Waals surface area contributed by atoms with Gasteiger partial charge in [-0.25, -0.2) is 4.39 Å². The van der Waals surface area contributed by atoms with Gasteiger partial charge in [0, 0.05) is 17.8 Å². The Labute approximate surface area is 191 Å². The molecule has 2 amide bonds. The van der Waals surface area contributed by atoms with Gasteiger partial charge in [0.1, 0.15) is 17.3 Å². The molecule has 4 rings (SSSR count). The van der Waals surface area contributed by atoms with Gasteiger partial charge in [0.25, 0.3) is 11.8 Å². The number of rotatable bonds is 8. The van der Waals surface area contributed by atoms with Gasteiger partial charge in [-0.05, 0) is 66.9 Å². The lowest BCUT2D eigenvalue weighted by atomic mass is 10.1. The highest BCUT2D eigenvalue weighted by Crippen LogP contribution is 2.35. The van der Waals surface area contributed by atoms with Crippen LogP contribution in [0.25, 0.3) is 0 Å². The quantitative estimate of drug-likeness (QED) is 0.501. The van der Waals surface area contributed by atoms with Crippen LogP contribution in [0.3, 0.4) is 0 Å². The fourth-order valence-electron chi connectivity index (χ4n) is 3.59. The minimum Gasteiger partial charge on any atom is -0.494 e. The number of anilines is 2. The molecule has 1 heterocycles. The van der Waals surface area contributed by atoms with E-state index in [1.807, 2.05) is 24.3 Å². The number of carbonyl (C=O) groups is 2. The predicted molar refractivity (Wildman–Crippen MR) is 125 cm³/mol. The maximum Gasteiger partial charge on any atom is 0.265 e. The summed E-state index contributed by atoms with van der Waals surface area (Å²) in [6, 6.07) is 18.5. The van der Waals surface area contributed by atoms with Crippen molar-refractivity contribution in [2.24, 2.45) is 0 Å². The average molecular weight is 448 g/mol. The first-order valence-corrected chi connectivity index (χ1v) is 10.9. The highest BCUT2D eigenvalue weighted by atomic mass is 19.1. The summed E-state index contributed by atoms with van der Waals surface area (Å²) in [7, 11) is 0. The van der Waals surface area contributed by atoms with Crippen molar-refractivity contribution in [2.45, 2.75) is 19.8 Å². The Morgan fingerprint density at radius 3 is 2.70 bits per heavy atom. The molecular weight excluding hydrogens is 423 g/mol. The molecule has 3 aromatic carbocycles. The zero-order valence-electron chi connectivity index (χ0n) is 18.3. The number of hydrogen-bond donors (Lipinski definition) is 1. The average Bonchev–Trinajstić information content (AvgIpc) is 2.83. The number of hydrogen-bond acceptors (Lipinski definition) is 4. The first kappa shape index (κ1) is 22.3. The largest absolute Gasteiger partial charge is 0.494 e. The van der Waals surface area contributed by atoms with Gasteiger partial charge < -0.3 is 19.7 Å². The van der Waals surface area contributed by atoms with Gasteiger partial charge in [0.2, 0.25) is 0 Å². The highest BCUT2D eigenvalue weighted by molar-refractivity contribution is 6.05. The van der Waals surface area contributed by atoms with Crippen LogP contribution in [0, 0.1) is 5.82 Å². The van der Waals surface area contributed by atoms with Gasteiger partial charge >= 0.3 is 0 Å². The molecule has 0 saturated heterocycles. The Morgan fingerprint density at radius 2 is 1.94 bits per heavy atom. The van der Waals surface area contributed by atoms with E-state index in [-0.39, 0.29) is 18.1 Å². The van der Waals surface area contributed by atoms with Crippen LogP contribution in [-0.4, -0.2) is 31.6 Å². The highest BCUT2D eigenvalue weighted by Gasteiger charge is 2.25. The SMILES string of the molecule is CCc1ccc(OCCCN2C(=O)COc3ccc(NC(=O)c4cccc(F)c4)cc32)cc1. The molecular formula is C26H25FN2O4. The van der Waals surface area contributed by atoms with Crippen molar-refractivity contribution in [2.75, 3.05) is 30.0 Å². The number of carbonyl (C=O) groups excluding carboxylic acids is 2. The van der Waals surface area contributed by atoms with Gasteiger partial charge in [-0.2, -0.15) is 0 Å². The van der Waals surface area contributed by atoms with E-state index < -0.39 is 11.7 Å². The number of nitrogens with zero attached hydrogens (tertiary/aromatic N) is 1. The number of halogens is 1. The number of fused-ring (bicyclic) bond motifs is 1. The lowest BCUT2D eigenvalue weighted by molar-refractivity contribution is -0.121. The van der Waals surface area contributed by atoms with Gasteiger partial charge in [-0.1, -0.05) is 25.1 Å².